The van der Waals surface area contributed by atoms with Crippen molar-refractivity contribution in [1.29, 1.82) is 0 Å². The molecular weight excluding hydrogens is 254 g/mol. The van der Waals surface area contributed by atoms with Crippen LogP contribution in [0, 0.1) is 0 Å². The summed E-state index contributed by atoms with van der Waals surface area (Å²) in [4.78, 5) is 2.30. The van der Waals surface area contributed by atoms with Gasteiger partial charge in [0.1, 0.15) is 11.5 Å². The molecule has 0 aliphatic carbocycles. The molecule has 1 aliphatic heterocycles. The topological polar surface area (TPSA) is 41.9 Å². The highest BCUT2D eigenvalue weighted by molar-refractivity contribution is 5.88. The standard InChI is InChI=1S/C16H19NO3/c1-19-13-4-2-12-3-5-16(18)15(14(12)10-13)11-17-6-8-20-9-7-17/h2-5,10,18H,6-9,11H2,1H3. The van der Waals surface area contributed by atoms with Crippen molar-refractivity contribution >= 4 is 10.8 Å². The molecule has 0 spiro atoms. The van der Waals surface area contributed by atoms with Gasteiger partial charge in [0.15, 0.2) is 0 Å². The number of aromatic hydroxyl groups is 1. The minimum absolute atomic E-state index is 0.345. The van der Waals surface area contributed by atoms with Crippen molar-refractivity contribution in [3.63, 3.8) is 0 Å². The molecule has 0 atom stereocenters. The number of hydrogen-bond acceptors (Lipinski definition) is 4. The first-order chi connectivity index (χ1) is 9.78. The number of morpholine rings is 1. The Morgan fingerprint density at radius 3 is 2.70 bits per heavy atom. The molecule has 1 N–H and O–H groups in total. The average molecular weight is 273 g/mol. The van der Waals surface area contributed by atoms with Gasteiger partial charge in [0.2, 0.25) is 0 Å². The van der Waals surface area contributed by atoms with Crippen molar-refractivity contribution in [3.8, 4) is 11.5 Å². The fourth-order valence-corrected chi connectivity index (χ4v) is 2.63. The minimum Gasteiger partial charge on any atom is -0.508 e. The van der Waals surface area contributed by atoms with Crippen LogP contribution in [0.5, 0.6) is 11.5 Å². The second-order valence-electron chi connectivity index (χ2n) is 5.04. The molecule has 1 heterocycles. The van der Waals surface area contributed by atoms with Gasteiger partial charge in [-0.25, -0.2) is 0 Å². The highest BCUT2D eigenvalue weighted by atomic mass is 16.5. The summed E-state index contributed by atoms with van der Waals surface area (Å²) in [7, 11) is 1.66. The van der Waals surface area contributed by atoms with Crippen molar-refractivity contribution < 1.29 is 14.6 Å². The lowest BCUT2D eigenvalue weighted by Crippen LogP contribution is -2.35. The van der Waals surface area contributed by atoms with Crippen LogP contribution in [-0.2, 0) is 11.3 Å². The number of ether oxygens (including phenoxy) is 2. The summed E-state index contributed by atoms with van der Waals surface area (Å²) < 4.78 is 10.7. The predicted molar refractivity (Wildman–Crippen MR) is 78.3 cm³/mol. The van der Waals surface area contributed by atoms with Crippen LogP contribution in [0.15, 0.2) is 30.3 Å². The fraction of sp³-hybridized carbons (Fsp3) is 0.375. The van der Waals surface area contributed by atoms with Gasteiger partial charge < -0.3 is 14.6 Å². The van der Waals surface area contributed by atoms with E-state index in [0.717, 1.165) is 54.9 Å². The zero-order valence-corrected chi connectivity index (χ0v) is 11.6. The van der Waals surface area contributed by atoms with Gasteiger partial charge in [-0.15, -0.1) is 0 Å². The third-order valence-electron chi connectivity index (χ3n) is 3.80. The Labute approximate surface area is 118 Å². The van der Waals surface area contributed by atoms with E-state index >= 15 is 0 Å². The van der Waals surface area contributed by atoms with Gasteiger partial charge in [-0.3, -0.25) is 4.90 Å². The van der Waals surface area contributed by atoms with E-state index in [0.29, 0.717) is 5.75 Å². The van der Waals surface area contributed by atoms with E-state index in [4.69, 9.17) is 9.47 Å². The highest BCUT2D eigenvalue weighted by Gasteiger charge is 2.15. The van der Waals surface area contributed by atoms with Gasteiger partial charge in [0.05, 0.1) is 20.3 Å². The van der Waals surface area contributed by atoms with Crippen molar-refractivity contribution in [2.45, 2.75) is 6.54 Å². The summed E-state index contributed by atoms with van der Waals surface area (Å²) in [6.07, 6.45) is 0. The minimum atomic E-state index is 0.345. The fourth-order valence-electron chi connectivity index (χ4n) is 2.63. The maximum Gasteiger partial charge on any atom is 0.120 e. The highest BCUT2D eigenvalue weighted by Crippen LogP contribution is 2.31. The zero-order chi connectivity index (χ0) is 13.9. The quantitative estimate of drug-likeness (QED) is 0.932. The van der Waals surface area contributed by atoms with E-state index in [2.05, 4.69) is 4.90 Å². The number of benzene rings is 2. The molecule has 2 aromatic carbocycles. The Morgan fingerprint density at radius 1 is 1.20 bits per heavy atom. The van der Waals surface area contributed by atoms with Crippen molar-refractivity contribution in [3.05, 3.63) is 35.9 Å². The molecular formula is C16H19NO3. The summed E-state index contributed by atoms with van der Waals surface area (Å²) >= 11 is 0. The Kier molecular flexibility index (Phi) is 3.76. The Morgan fingerprint density at radius 2 is 1.95 bits per heavy atom. The van der Waals surface area contributed by atoms with Gasteiger partial charge >= 0.3 is 0 Å². The SMILES string of the molecule is COc1ccc2ccc(O)c(CN3CCOCC3)c2c1. The first-order valence-corrected chi connectivity index (χ1v) is 6.86. The van der Waals surface area contributed by atoms with E-state index in [1.807, 2.05) is 24.3 Å². The maximum absolute atomic E-state index is 10.2. The Bertz CT molecular complexity index is 606. The molecule has 0 radical (unpaired) electrons. The third-order valence-corrected chi connectivity index (χ3v) is 3.80. The lowest BCUT2D eigenvalue weighted by molar-refractivity contribution is 0.0341. The van der Waals surface area contributed by atoms with E-state index in [1.54, 1.807) is 13.2 Å². The van der Waals surface area contributed by atoms with Crippen LogP contribution in [0.4, 0.5) is 0 Å². The number of phenols is 1. The van der Waals surface area contributed by atoms with E-state index < -0.39 is 0 Å². The summed E-state index contributed by atoms with van der Waals surface area (Å²) in [6.45, 7) is 4.06. The molecule has 4 heteroatoms. The van der Waals surface area contributed by atoms with E-state index in [1.165, 1.54) is 0 Å². The van der Waals surface area contributed by atoms with Gasteiger partial charge in [0.25, 0.3) is 0 Å². The first kappa shape index (κ1) is 13.2. The number of phenolic OH excluding ortho intramolecular Hbond substituents is 1. The van der Waals surface area contributed by atoms with Crippen LogP contribution in [0.25, 0.3) is 10.8 Å². The molecule has 1 fully saturated rings. The van der Waals surface area contributed by atoms with Crippen LogP contribution in [0.1, 0.15) is 5.56 Å². The third kappa shape index (κ3) is 2.57. The monoisotopic (exact) mass is 273 g/mol. The largest absolute Gasteiger partial charge is 0.508 e. The average Bonchev–Trinajstić information content (AvgIpc) is 2.51. The van der Waals surface area contributed by atoms with E-state index in [9.17, 15) is 5.11 Å². The normalized spacial score (nSPS) is 16.4. The predicted octanol–water partition coefficient (Wildman–Crippen LogP) is 2.39. The molecule has 0 unspecified atom stereocenters. The molecule has 0 amide bonds. The number of fused-ring (bicyclic) bond motifs is 1. The number of nitrogens with zero attached hydrogens (tertiary/aromatic N) is 1. The van der Waals surface area contributed by atoms with Crippen LogP contribution < -0.4 is 4.74 Å². The second kappa shape index (κ2) is 5.69. The van der Waals surface area contributed by atoms with Gasteiger partial charge in [-0.2, -0.15) is 0 Å². The molecule has 1 aliphatic rings. The maximum atomic E-state index is 10.2. The van der Waals surface area contributed by atoms with Crippen molar-refractivity contribution in [2.24, 2.45) is 0 Å². The Hall–Kier alpha value is -1.78. The molecule has 3 rings (SSSR count). The molecule has 0 aromatic heterocycles. The van der Waals surface area contributed by atoms with E-state index in [-0.39, 0.29) is 0 Å². The summed E-state index contributed by atoms with van der Waals surface area (Å²) in [6, 6.07) is 9.66. The smallest absolute Gasteiger partial charge is 0.120 e. The van der Waals surface area contributed by atoms with Crippen LogP contribution in [0.3, 0.4) is 0 Å². The van der Waals surface area contributed by atoms with Crippen LogP contribution in [0.2, 0.25) is 0 Å². The van der Waals surface area contributed by atoms with Gasteiger partial charge in [-0.1, -0.05) is 12.1 Å². The summed E-state index contributed by atoms with van der Waals surface area (Å²) in [5.74, 6) is 1.16. The molecule has 4 nitrogen and oxygen atoms in total. The number of methoxy groups -OCH3 is 1. The molecule has 20 heavy (non-hydrogen) atoms. The number of rotatable bonds is 3. The van der Waals surface area contributed by atoms with Gasteiger partial charge in [0, 0.05) is 25.2 Å². The lowest BCUT2D eigenvalue weighted by atomic mass is 10.0. The summed E-state index contributed by atoms with van der Waals surface area (Å²) in [5, 5.41) is 12.4. The van der Waals surface area contributed by atoms with Crippen molar-refractivity contribution in [2.75, 3.05) is 33.4 Å². The van der Waals surface area contributed by atoms with Crippen LogP contribution in [-0.4, -0.2) is 43.4 Å². The Balaban J connectivity index is 2.00. The molecule has 2 aromatic rings. The molecule has 1 saturated heterocycles. The first-order valence-electron chi connectivity index (χ1n) is 6.86. The second-order valence-corrected chi connectivity index (χ2v) is 5.04. The van der Waals surface area contributed by atoms with Crippen molar-refractivity contribution in [1.82, 2.24) is 4.90 Å². The number of hydrogen-bond donors (Lipinski definition) is 1. The molecule has 0 bridgehead atoms. The molecule has 0 saturated carbocycles. The molecule has 106 valence electrons. The summed E-state index contributed by atoms with van der Waals surface area (Å²) in [5.41, 5.74) is 0.961. The lowest BCUT2D eigenvalue weighted by Gasteiger charge is -2.27. The van der Waals surface area contributed by atoms with Gasteiger partial charge in [-0.05, 0) is 29.0 Å². The zero-order valence-electron chi connectivity index (χ0n) is 11.6. The van der Waals surface area contributed by atoms with Crippen LogP contribution >= 0.6 is 0 Å².